The zero-order valence-electron chi connectivity index (χ0n) is 20.2. The molecule has 0 unspecified atom stereocenters. The Balaban J connectivity index is 1.79. The van der Waals surface area contributed by atoms with Gasteiger partial charge in [-0.2, -0.15) is 9.78 Å². The first-order valence-corrected chi connectivity index (χ1v) is 11.5. The molecule has 36 heavy (non-hydrogen) atoms. The van der Waals surface area contributed by atoms with Gasteiger partial charge in [-0.25, -0.2) is 0 Å². The van der Waals surface area contributed by atoms with E-state index in [9.17, 15) is 9.59 Å². The third kappa shape index (κ3) is 3.67. The fourth-order valence-corrected chi connectivity index (χ4v) is 4.62. The molecule has 182 valence electrons. The van der Waals surface area contributed by atoms with Crippen LogP contribution in [0.25, 0.3) is 27.5 Å². The van der Waals surface area contributed by atoms with E-state index in [4.69, 9.17) is 21.1 Å². The van der Waals surface area contributed by atoms with Gasteiger partial charge in [-0.3, -0.25) is 9.59 Å². The molecule has 0 fully saturated rings. The maximum absolute atomic E-state index is 13.9. The van der Waals surface area contributed by atoms with Gasteiger partial charge >= 0.3 is 0 Å². The number of hydrogen-bond donors (Lipinski definition) is 0. The summed E-state index contributed by atoms with van der Waals surface area (Å²) in [7, 11) is 6.57. The van der Waals surface area contributed by atoms with Gasteiger partial charge in [-0.1, -0.05) is 29.8 Å². The summed E-state index contributed by atoms with van der Waals surface area (Å²) in [5, 5.41) is 6.18. The minimum absolute atomic E-state index is 0.145. The van der Waals surface area contributed by atoms with E-state index in [0.717, 1.165) is 10.9 Å². The second-order valence-corrected chi connectivity index (χ2v) is 8.65. The quantitative estimate of drug-likeness (QED) is 0.344. The highest BCUT2D eigenvalue weighted by molar-refractivity contribution is 6.32. The Labute approximate surface area is 211 Å². The molecule has 0 saturated heterocycles. The topological polar surface area (TPSA) is 78.6 Å². The molecule has 0 bridgehead atoms. The van der Waals surface area contributed by atoms with Crippen LogP contribution < -0.4 is 19.9 Å². The maximum atomic E-state index is 13.9. The first kappa shape index (κ1) is 23.4. The van der Waals surface area contributed by atoms with Gasteiger partial charge in [0.05, 0.1) is 24.9 Å². The standard InChI is InChI=1S/C27H23ClN4O4/c1-30(16-9-12-18(35-3)13-10-16)26(33)24-23-19-7-5-6-8-21(19)31(2)25(23)27(34)32(29-24)17-11-14-22(36-4)20(28)15-17/h5-15H,1-4H3. The maximum Gasteiger partial charge on any atom is 0.296 e. The number of anilines is 1. The van der Waals surface area contributed by atoms with Crippen molar-refractivity contribution < 1.29 is 14.3 Å². The number of carbonyl (C=O) groups is 1. The van der Waals surface area contributed by atoms with Crippen molar-refractivity contribution in [2.75, 3.05) is 26.2 Å². The van der Waals surface area contributed by atoms with E-state index in [-0.39, 0.29) is 17.2 Å². The summed E-state index contributed by atoms with van der Waals surface area (Å²) in [4.78, 5) is 29.1. The number of halogens is 1. The molecule has 8 nitrogen and oxygen atoms in total. The number of amides is 1. The third-order valence-corrected chi connectivity index (χ3v) is 6.58. The zero-order valence-corrected chi connectivity index (χ0v) is 20.9. The summed E-state index contributed by atoms with van der Waals surface area (Å²) < 4.78 is 13.5. The molecule has 5 rings (SSSR count). The van der Waals surface area contributed by atoms with Crippen molar-refractivity contribution in [2.45, 2.75) is 0 Å². The Kier molecular flexibility index (Phi) is 5.89. The van der Waals surface area contributed by atoms with Gasteiger partial charge in [-0.15, -0.1) is 0 Å². The summed E-state index contributed by atoms with van der Waals surface area (Å²) in [6.45, 7) is 0. The lowest BCUT2D eigenvalue weighted by molar-refractivity contribution is 0.0988. The number of nitrogens with zero attached hydrogens (tertiary/aromatic N) is 4. The molecule has 2 aromatic heterocycles. The number of ether oxygens (including phenoxy) is 2. The molecule has 0 saturated carbocycles. The normalized spacial score (nSPS) is 11.1. The Bertz CT molecular complexity index is 1690. The number of para-hydroxylation sites is 1. The van der Waals surface area contributed by atoms with Crippen LogP contribution in [0.3, 0.4) is 0 Å². The molecule has 0 aliphatic heterocycles. The van der Waals surface area contributed by atoms with Crippen LogP contribution in [-0.4, -0.2) is 41.5 Å². The van der Waals surface area contributed by atoms with Crippen LogP contribution in [0.4, 0.5) is 5.69 Å². The van der Waals surface area contributed by atoms with Gasteiger partial charge in [0.15, 0.2) is 5.69 Å². The van der Waals surface area contributed by atoms with Crippen molar-refractivity contribution in [2.24, 2.45) is 7.05 Å². The monoisotopic (exact) mass is 502 g/mol. The van der Waals surface area contributed by atoms with Crippen molar-refractivity contribution in [1.29, 1.82) is 0 Å². The fraction of sp³-hybridized carbons (Fsp3) is 0.148. The molecule has 0 aliphatic carbocycles. The van der Waals surface area contributed by atoms with E-state index in [0.29, 0.717) is 38.8 Å². The highest BCUT2D eigenvalue weighted by Gasteiger charge is 2.26. The molecule has 0 N–H and O–H groups in total. The molecular formula is C27H23ClN4O4. The van der Waals surface area contributed by atoms with E-state index < -0.39 is 0 Å². The van der Waals surface area contributed by atoms with Crippen molar-refractivity contribution in [3.05, 3.63) is 87.8 Å². The molecule has 0 aliphatic rings. The van der Waals surface area contributed by atoms with Crippen LogP contribution in [0.5, 0.6) is 11.5 Å². The van der Waals surface area contributed by atoms with Crippen molar-refractivity contribution in [3.8, 4) is 17.2 Å². The first-order valence-electron chi connectivity index (χ1n) is 11.1. The van der Waals surface area contributed by atoms with E-state index in [2.05, 4.69) is 5.10 Å². The van der Waals surface area contributed by atoms with Gasteiger partial charge in [0, 0.05) is 36.1 Å². The Morgan fingerprint density at radius 3 is 2.39 bits per heavy atom. The van der Waals surface area contributed by atoms with Crippen molar-refractivity contribution in [3.63, 3.8) is 0 Å². The fourth-order valence-electron chi connectivity index (χ4n) is 4.37. The average Bonchev–Trinajstić information content (AvgIpc) is 3.21. The Morgan fingerprint density at radius 2 is 1.72 bits per heavy atom. The number of aromatic nitrogens is 3. The summed E-state index contributed by atoms with van der Waals surface area (Å²) in [6.07, 6.45) is 0. The van der Waals surface area contributed by atoms with Crippen LogP contribution in [0.2, 0.25) is 5.02 Å². The SMILES string of the molecule is COc1ccc(N(C)C(=O)c2nn(-c3ccc(OC)c(Cl)c3)c(=O)c3c2c2ccccc2n3C)cc1. The van der Waals surface area contributed by atoms with Crippen LogP contribution in [-0.2, 0) is 7.05 Å². The van der Waals surface area contributed by atoms with E-state index in [1.807, 2.05) is 24.3 Å². The average molecular weight is 503 g/mol. The lowest BCUT2D eigenvalue weighted by Gasteiger charge is -2.19. The lowest BCUT2D eigenvalue weighted by atomic mass is 10.1. The molecule has 9 heteroatoms. The number of hydrogen-bond acceptors (Lipinski definition) is 5. The number of methoxy groups -OCH3 is 2. The molecule has 1 amide bonds. The zero-order chi connectivity index (χ0) is 25.6. The molecule has 2 heterocycles. The van der Waals surface area contributed by atoms with E-state index >= 15 is 0 Å². The highest BCUT2D eigenvalue weighted by Crippen LogP contribution is 2.31. The first-order chi connectivity index (χ1) is 17.3. The van der Waals surface area contributed by atoms with Crippen LogP contribution >= 0.6 is 11.6 Å². The van der Waals surface area contributed by atoms with Crippen LogP contribution in [0.1, 0.15) is 10.5 Å². The number of benzene rings is 3. The second-order valence-electron chi connectivity index (χ2n) is 8.25. The van der Waals surface area contributed by atoms with Crippen molar-refractivity contribution >= 4 is 45.0 Å². The third-order valence-electron chi connectivity index (χ3n) is 6.29. The summed E-state index contributed by atoms with van der Waals surface area (Å²) >= 11 is 6.34. The lowest BCUT2D eigenvalue weighted by Crippen LogP contribution is -2.31. The minimum Gasteiger partial charge on any atom is -0.497 e. The second kappa shape index (κ2) is 9.05. The Hall–Kier alpha value is -4.30. The molecule has 0 spiro atoms. The van der Waals surface area contributed by atoms with Gasteiger partial charge in [0.1, 0.15) is 17.0 Å². The summed E-state index contributed by atoms with van der Waals surface area (Å²) in [5.41, 5.74) is 2.03. The van der Waals surface area contributed by atoms with E-state index in [1.165, 1.54) is 16.7 Å². The number of carbonyl (C=O) groups excluding carboxylic acids is 1. The smallest absolute Gasteiger partial charge is 0.296 e. The van der Waals surface area contributed by atoms with Gasteiger partial charge in [-0.05, 0) is 48.5 Å². The number of rotatable bonds is 5. The molecule has 5 aromatic rings. The summed E-state index contributed by atoms with van der Waals surface area (Å²) in [5.74, 6) is 0.781. The predicted octanol–water partition coefficient (Wildman–Crippen LogP) is 4.82. The van der Waals surface area contributed by atoms with Crippen molar-refractivity contribution in [1.82, 2.24) is 14.3 Å². The minimum atomic E-state index is -0.367. The number of aryl methyl sites for hydroxylation is 1. The molecule has 3 aromatic carbocycles. The molecule has 0 radical (unpaired) electrons. The number of fused-ring (bicyclic) bond motifs is 3. The van der Waals surface area contributed by atoms with E-state index in [1.54, 1.807) is 68.2 Å². The predicted molar refractivity (Wildman–Crippen MR) is 141 cm³/mol. The summed E-state index contributed by atoms with van der Waals surface area (Å²) in [6, 6.07) is 19.6. The van der Waals surface area contributed by atoms with Gasteiger partial charge in [0.2, 0.25) is 0 Å². The molecular weight excluding hydrogens is 480 g/mol. The Morgan fingerprint density at radius 1 is 1.00 bits per heavy atom. The molecule has 0 atom stereocenters. The van der Waals surface area contributed by atoms with Crippen LogP contribution in [0.15, 0.2) is 71.5 Å². The largest absolute Gasteiger partial charge is 0.497 e. The van der Waals surface area contributed by atoms with Crippen LogP contribution in [0, 0.1) is 0 Å². The highest BCUT2D eigenvalue weighted by atomic mass is 35.5. The van der Waals surface area contributed by atoms with Gasteiger partial charge in [0.25, 0.3) is 11.5 Å². The van der Waals surface area contributed by atoms with Gasteiger partial charge < -0.3 is 18.9 Å².